The van der Waals surface area contributed by atoms with Gasteiger partial charge < -0.3 is 9.84 Å². The maximum absolute atomic E-state index is 12.1. The molecule has 0 atom stereocenters. The van der Waals surface area contributed by atoms with Crippen LogP contribution in [-0.2, 0) is 16.0 Å². The average molecular weight is 362 g/mol. The van der Waals surface area contributed by atoms with E-state index in [1.54, 1.807) is 24.3 Å². The smallest absolute Gasteiger partial charge is 0.341 e. The zero-order valence-corrected chi connectivity index (χ0v) is 14.5. The fraction of sp³-hybridized carbons (Fsp3) is 0.0952. The van der Waals surface area contributed by atoms with Crippen LogP contribution in [0.4, 0.5) is 0 Å². The number of ether oxygens (including phenoxy) is 1. The second kappa shape index (κ2) is 8.62. The standard InChI is InChI=1S/C21H18N2O4/c24-20(12-17-6-3-5-16-4-1-2-7-19(16)17)23-22-13-15-8-10-18(11-9-15)27-14-21(25)26/h1-11,13H,12,14H2,(H,23,24)(H,25,26). The average Bonchev–Trinajstić information content (AvgIpc) is 2.67. The molecule has 0 heterocycles. The zero-order chi connectivity index (χ0) is 19.1. The molecule has 0 spiro atoms. The summed E-state index contributed by atoms with van der Waals surface area (Å²) in [4.78, 5) is 22.6. The Balaban J connectivity index is 1.56. The van der Waals surface area contributed by atoms with E-state index in [0.717, 1.165) is 21.9 Å². The van der Waals surface area contributed by atoms with E-state index in [-0.39, 0.29) is 12.3 Å². The van der Waals surface area contributed by atoms with Crippen LogP contribution in [0.15, 0.2) is 71.8 Å². The number of carbonyl (C=O) groups is 2. The molecule has 6 heteroatoms. The van der Waals surface area contributed by atoms with Crippen molar-refractivity contribution >= 4 is 28.9 Å². The number of aliphatic carboxylic acids is 1. The number of benzene rings is 3. The van der Waals surface area contributed by atoms with Crippen molar-refractivity contribution in [3.8, 4) is 5.75 Å². The quantitative estimate of drug-likeness (QED) is 0.500. The highest BCUT2D eigenvalue weighted by Gasteiger charge is 2.06. The van der Waals surface area contributed by atoms with Gasteiger partial charge in [-0.2, -0.15) is 5.10 Å². The molecule has 0 saturated heterocycles. The molecule has 3 aromatic carbocycles. The molecule has 0 radical (unpaired) electrons. The number of carbonyl (C=O) groups excluding carboxylic acids is 1. The first kappa shape index (κ1) is 18.1. The molecular formula is C21H18N2O4. The van der Waals surface area contributed by atoms with E-state index >= 15 is 0 Å². The van der Waals surface area contributed by atoms with E-state index in [2.05, 4.69) is 10.5 Å². The van der Waals surface area contributed by atoms with E-state index < -0.39 is 12.6 Å². The first-order valence-electron chi connectivity index (χ1n) is 8.35. The minimum Gasteiger partial charge on any atom is -0.482 e. The number of amides is 1. The van der Waals surface area contributed by atoms with Gasteiger partial charge in [0.2, 0.25) is 5.91 Å². The number of nitrogens with one attached hydrogen (secondary N) is 1. The summed E-state index contributed by atoms with van der Waals surface area (Å²) in [6.07, 6.45) is 1.75. The number of hydrazone groups is 1. The number of rotatable bonds is 7. The van der Waals surface area contributed by atoms with E-state index in [1.807, 2.05) is 42.5 Å². The molecule has 2 N–H and O–H groups in total. The Kier molecular flexibility index (Phi) is 5.79. The number of carboxylic acids is 1. The van der Waals surface area contributed by atoms with Crippen LogP contribution >= 0.6 is 0 Å². The summed E-state index contributed by atoms with van der Waals surface area (Å²) in [7, 11) is 0. The predicted octanol–water partition coefficient (Wildman–Crippen LogP) is 3.00. The summed E-state index contributed by atoms with van der Waals surface area (Å²) in [5, 5.41) is 14.7. The lowest BCUT2D eigenvalue weighted by Crippen LogP contribution is -2.19. The molecule has 0 aliphatic heterocycles. The molecule has 0 unspecified atom stereocenters. The summed E-state index contributed by atoms with van der Waals surface area (Å²) in [6.45, 7) is -0.391. The molecule has 0 bridgehead atoms. The zero-order valence-electron chi connectivity index (χ0n) is 14.5. The van der Waals surface area contributed by atoms with Crippen LogP contribution in [0.5, 0.6) is 5.75 Å². The molecule has 1 amide bonds. The predicted molar refractivity (Wildman–Crippen MR) is 103 cm³/mol. The van der Waals surface area contributed by atoms with Gasteiger partial charge in [0.15, 0.2) is 6.61 Å². The van der Waals surface area contributed by atoms with Gasteiger partial charge in [-0.05, 0) is 46.2 Å². The Hall–Kier alpha value is -3.67. The molecule has 0 aliphatic rings. The van der Waals surface area contributed by atoms with Crippen molar-refractivity contribution in [1.29, 1.82) is 0 Å². The number of fused-ring (bicyclic) bond motifs is 1. The summed E-state index contributed by atoms with van der Waals surface area (Å²) in [5.41, 5.74) is 4.22. The Labute approximate surface area is 156 Å². The highest BCUT2D eigenvalue weighted by atomic mass is 16.5. The first-order valence-corrected chi connectivity index (χ1v) is 8.35. The third-order valence-electron chi connectivity index (χ3n) is 3.88. The molecule has 6 nitrogen and oxygen atoms in total. The van der Waals surface area contributed by atoms with Crippen molar-refractivity contribution in [2.75, 3.05) is 6.61 Å². The van der Waals surface area contributed by atoms with Crippen LogP contribution in [0.2, 0.25) is 0 Å². The van der Waals surface area contributed by atoms with E-state index in [0.29, 0.717) is 5.75 Å². The van der Waals surface area contributed by atoms with Crippen LogP contribution in [0.25, 0.3) is 10.8 Å². The molecule has 0 fully saturated rings. The van der Waals surface area contributed by atoms with Crippen LogP contribution < -0.4 is 10.2 Å². The molecule has 3 aromatic rings. The maximum Gasteiger partial charge on any atom is 0.341 e. The van der Waals surface area contributed by atoms with Gasteiger partial charge in [0, 0.05) is 0 Å². The van der Waals surface area contributed by atoms with E-state index in [4.69, 9.17) is 9.84 Å². The van der Waals surface area contributed by atoms with Crippen molar-refractivity contribution in [2.24, 2.45) is 5.10 Å². The molecule has 3 rings (SSSR count). The van der Waals surface area contributed by atoms with Crippen molar-refractivity contribution in [2.45, 2.75) is 6.42 Å². The van der Waals surface area contributed by atoms with Gasteiger partial charge >= 0.3 is 5.97 Å². The maximum atomic E-state index is 12.1. The number of hydrogen-bond donors (Lipinski definition) is 2. The van der Waals surface area contributed by atoms with Gasteiger partial charge in [-0.1, -0.05) is 42.5 Å². The van der Waals surface area contributed by atoms with E-state index in [9.17, 15) is 9.59 Å². The minimum atomic E-state index is -1.03. The van der Waals surface area contributed by atoms with Crippen molar-refractivity contribution in [3.63, 3.8) is 0 Å². The Morgan fingerprint density at radius 2 is 1.74 bits per heavy atom. The van der Waals surface area contributed by atoms with Crippen molar-refractivity contribution in [3.05, 3.63) is 77.9 Å². The Bertz CT molecular complexity index is 976. The number of hydrogen-bond acceptors (Lipinski definition) is 4. The van der Waals surface area contributed by atoms with Crippen LogP contribution in [-0.4, -0.2) is 29.8 Å². The van der Waals surface area contributed by atoms with Crippen LogP contribution in [0, 0.1) is 0 Å². The monoisotopic (exact) mass is 362 g/mol. The fourth-order valence-corrected chi connectivity index (χ4v) is 2.63. The normalized spacial score (nSPS) is 10.8. The van der Waals surface area contributed by atoms with E-state index in [1.165, 1.54) is 6.21 Å². The second-order valence-electron chi connectivity index (χ2n) is 5.86. The lowest BCUT2D eigenvalue weighted by atomic mass is 10.0. The highest BCUT2D eigenvalue weighted by Crippen LogP contribution is 2.18. The second-order valence-corrected chi connectivity index (χ2v) is 5.86. The summed E-state index contributed by atoms with van der Waals surface area (Å²) < 4.78 is 5.05. The third-order valence-corrected chi connectivity index (χ3v) is 3.88. The molecule has 136 valence electrons. The van der Waals surface area contributed by atoms with Crippen molar-refractivity contribution in [1.82, 2.24) is 5.43 Å². The molecule has 27 heavy (non-hydrogen) atoms. The van der Waals surface area contributed by atoms with Crippen molar-refractivity contribution < 1.29 is 19.4 Å². The molecular weight excluding hydrogens is 344 g/mol. The number of carboxylic acid groups (broad SMARTS) is 1. The van der Waals surface area contributed by atoms with Gasteiger partial charge in [0.25, 0.3) is 0 Å². The lowest BCUT2D eigenvalue weighted by Gasteiger charge is -2.05. The largest absolute Gasteiger partial charge is 0.482 e. The molecule has 0 saturated carbocycles. The Morgan fingerprint density at radius 1 is 1.00 bits per heavy atom. The first-order chi connectivity index (χ1) is 13.1. The van der Waals surface area contributed by atoms with Gasteiger partial charge in [-0.3, -0.25) is 4.79 Å². The molecule has 0 aromatic heterocycles. The van der Waals surface area contributed by atoms with Gasteiger partial charge in [-0.25, -0.2) is 10.2 Å². The highest BCUT2D eigenvalue weighted by molar-refractivity contribution is 5.90. The Morgan fingerprint density at radius 3 is 2.52 bits per heavy atom. The summed E-state index contributed by atoms with van der Waals surface area (Å²) >= 11 is 0. The number of nitrogens with zero attached hydrogens (tertiary/aromatic N) is 1. The molecule has 0 aliphatic carbocycles. The minimum absolute atomic E-state index is 0.205. The topological polar surface area (TPSA) is 88.0 Å². The van der Waals surface area contributed by atoms with Gasteiger partial charge in [0.05, 0.1) is 12.6 Å². The summed E-state index contributed by atoms with van der Waals surface area (Å²) in [6, 6.07) is 20.5. The fourth-order valence-electron chi connectivity index (χ4n) is 2.63. The van der Waals surface area contributed by atoms with Gasteiger partial charge in [-0.15, -0.1) is 0 Å². The van der Waals surface area contributed by atoms with Gasteiger partial charge in [0.1, 0.15) is 5.75 Å². The third kappa shape index (κ3) is 5.15. The summed E-state index contributed by atoms with van der Waals surface area (Å²) in [5.74, 6) is -0.784. The van der Waals surface area contributed by atoms with Crippen LogP contribution in [0.1, 0.15) is 11.1 Å². The lowest BCUT2D eigenvalue weighted by molar-refractivity contribution is -0.139. The van der Waals surface area contributed by atoms with Crippen LogP contribution in [0.3, 0.4) is 0 Å². The SMILES string of the molecule is O=C(O)COc1ccc(C=NNC(=O)Cc2cccc3ccccc23)cc1.